The highest BCUT2D eigenvalue weighted by Crippen LogP contribution is 2.29. The maximum atomic E-state index is 6.21. The predicted octanol–water partition coefficient (Wildman–Crippen LogP) is 4.86. The number of thiophene rings is 1. The first kappa shape index (κ1) is 13.9. The standard InChI is InChI=1S/C14H15Cl2NS/c1-2-10-4-5-11(18-10)8-14(17)12-7-9(15)3-6-13(12)16/h3-7,14H,2,8,17H2,1H3. The maximum Gasteiger partial charge on any atom is 0.0454 e. The van der Waals surface area contributed by atoms with Crippen LogP contribution in [0.3, 0.4) is 0 Å². The van der Waals surface area contributed by atoms with Gasteiger partial charge in [0.25, 0.3) is 0 Å². The van der Waals surface area contributed by atoms with Gasteiger partial charge in [0, 0.05) is 32.3 Å². The zero-order valence-corrected chi connectivity index (χ0v) is 12.4. The predicted molar refractivity (Wildman–Crippen MR) is 80.8 cm³/mol. The number of nitrogens with two attached hydrogens (primary N) is 1. The van der Waals surface area contributed by atoms with Crippen LogP contribution in [0.2, 0.25) is 10.0 Å². The molecule has 0 aliphatic carbocycles. The summed E-state index contributed by atoms with van der Waals surface area (Å²) in [5.74, 6) is 0. The zero-order chi connectivity index (χ0) is 13.1. The molecule has 0 amide bonds. The molecule has 0 aliphatic rings. The van der Waals surface area contributed by atoms with Crippen molar-refractivity contribution in [1.82, 2.24) is 0 Å². The summed E-state index contributed by atoms with van der Waals surface area (Å²) < 4.78 is 0. The summed E-state index contributed by atoms with van der Waals surface area (Å²) in [5.41, 5.74) is 7.12. The van der Waals surface area contributed by atoms with Gasteiger partial charge in [0.15, 0.2) is 0 Å². The van der Waals surface area contributed by atoms with E-state index in [1.165, 1.54) is 9.75 Å². The van der Waals surface area contributed by atoms with Crippen molar-refractivity contribution in [3.63, 3.8) is 0 Å². The number of hydrogen-bond donors (Lipinski definition) is 1. The van der Waals surface area contributed by atoms with E-state index in [4.69, 9.17) is 28.9 Å². The fraction of sp³-hybridized carbons (Fsp3) is 0.286. The fourth-order valence-corrected chi connectivity index (χ4v) is 3.30. The van der Waals surface area contributed by atoms with Gasteiger partial charge in [0.05, 0.1) is 0 Å². The average molecular weight is 300 g/mol. The molecule has 0 fully saturated rings. The zero-order valence-electron chi connectivity index (χ0n) is 10.1. The van der Waals surface area contributed by atoms with Gasteiger partial charge in [0.1, 0.15) is 0 Å². The minimum absolute atomic E-state index is 0.112. The van der Waals surface area contributed by atoms with Crippen molar-refractivity contribution in [2.24, 2.45) is 5.73 Å². The van der Waals surface area contributed by atoms with Crippen LogP contribution in [0.5, 0.6) is 0 Å². The second kappa shape index (κ2) is 6.07. The maximum absolute atomic E-state index is 6.21. The minimum atomic E-state index is -0.112. The highest BCUT2D eigenvalue weighted by Gasteiger charge is 2.12. The summed E-state index contributed by atoms with van der Waals surface area (Å²) in [6, 6.07) is 9.61. The van der Waals surface area contributed by atoms with Crippen LogP contribution in [0.15, 0.2) is 30.3 Å². The van der Waals surface area contributed by atoms with Gasteiger partial charge in [-0.15, -0.1) is 11.3 Å². The van der Waals surface area contributed by atoms with Gasteiger partial charge in [-0.3, -0.25) is 0 Å². The lowest BCUT2D eigenvalue weighted by atomic mass is 10.0. The quantitative estimate of drug-likeness (QED) is 0.857. The molecule has 2 aromatic rings. The Bertz CT molecular complexity index is 536. The normalized spacial score (nSPS) is 12.7. The van der Waals surface area contributed by atoms with Crippen LogP contribution in [-0.4, -0.2) is 0 Å². The molecular formula is C14H15Cl2NS. The Kier molecular flexibility index (Phi) is 4.68. The molecule has 2 N–H and O–H groups in total. The molecule has 1 nitrogen and oxygen atoms in total. The lowest BCUT2D eigenvalue weighted by molar-refractivity contribution is 0.730. The molecule has 2 rings (SSSR count). The summed E-state index contributed by atoms with van der Waals surface area (Å²) in [5, 5.41) is 1.35. The lowest BCUT2D eigenvalue weighted by Gasteiger charge is -2.13. The van der Waals surface area contributed by atoms with Gasteiger partial charge in [-0.2, -0.15) is 0 Å². The van der Waals surface area contributed by atoms with E-state index >= 15 is 0 Å². The van der Waals surface area contributed by atoms with Crippen LogP contribution >= 0.6 is 34.5 Å². The third-order valence-electron chi connectivity index (χ3n) is 2.84. The van der Waals surface area contributed by atoms with E-state index in [0.717, 1.165) is 18.4 Å². The number of benzene rings is 1. The first-order valence-electron chi connectivity index (χ1n) is 5.88. The van der Waals surface area contributed by atoms with Gasteiger partial charge in [-0.25, -0.2) is 0 Å². The average Bonchev–Trinajstić information content (AvgIpc) is 2.80. The van der Waals surface area contributed by atoms with Crippen molar-refractivity contribution in [1.29, 1.82) is 0 Å². The van der Waals surface area contributed by atoms with Gasteiger partial charge in [-0.05, 0) is 42.3 Å². The van der Waals surface area contributed by atoms with Crippen LogP contribution in [-0.2, 0) is 12.8 Å². The summed E-state index contributed by atoms with van der Waals surface area (Å²) in [6.45, 7) is 2.16. The number of hydrogen-bond acceptors (Lipinski definition) is 2. The van der Waals surface area contributed by atoms with E-state index in [1.807, 2.05) is 17.4 Å². The molecule has 0 radical (unpaired) electrons. The third-order valence-corrected chi connectivity index (χ3v) is 4.68. The molecule has 1 heterocycles. The van der Waals surface area contributed by atoms with Gasteiger partial charge < -0.3 is 5.73 Å². The van der Waals surface area contributed by atoms with E-state index < -0.39 is 0 Å². The fourth-order valence-electron chi connectivity index (χ4n) is 1.85. The van der Waals surface area contributed by atoms with Crippen LogP contribution in [0.25, 0.3) is 0 Å². The second-order valence-corrected chi connectivity index (χ2v) is 6.29. The molecule has 1 aromatic carbocycles. The molecular weight excluding hydrogens is 285 g/mol. The Morgan fingerprint density at radius 2 is 1.89 bits per heavy atom. The third kappa shape index (κ3) is 3.27. The van der Waals surface area contributed by atoms with E-state index in [0.29, 0.717) is 10.0 Å². The Morgan fingerprint density at radius 3 is 2.56 bits per heavy atom. The minimum Gasteiger partial charge on any atom is -0.324 e. The van der Waals surface area contributed by atoms with Gasteiger partial charge in [0.2, 0.25) is 0 Å². The van der Waals surface area contributed by atoms with Crippen molar-refractivity contribution >= 4 is 34.5 Å². The van der Waals surface area contributed by atoms with E-state index in [1.54, 1.807) is 12.1 Å². The smallest absolute Gasteiger partial charge is 0.0454 e. The Balaban J connectivity index is 2.16. The molecule has 0 spiro atoms. The van der Waals surface area contributed by atoms with Gasteiger partial charge in [-0.1, -0.05) is 30.1 Å². The number of halogens is 2. The molecule has 1 atom stereocenters. The summed E-state index contributed by atoms with van der Waals surface area (Å²) >= 11 is 13.9. The first-order chi connectivity index (χ1) is 8.60. The van der Waals surface area contributed by atoms with Crippen LogP contribution in [0, 0.1) is 0 Å². The monoisotopic (exact) mass is 299 g/mol. The molecule has 0 bridgehead atoms. The van der Waals surface area contributed by atoms with E-state index in [-0.39, 0.29) is 6.04 Å². The topological polar surface area (TPSA) is 26.0 Å². The molecule has 1 unspecified atom stereocenters. The molecule has 0 aliphatic heterocycles. The van der Waals surface area contributed by atoms with E-state index in [9.17, 15) is 0 Å². The van der Waals surface area contributed by atoms with Crippen molar-refractivity contribution in [2.45, 2.75) is 25.8 Å². The number of rotatable bonds is 4. The highest BCUT2D eigenvalue weighted by molar-refractivity contribution is 7.11. The number of aryl methyl sites for hydroxylation is 1. The van der Waals surface area contributed by atoms with Crippen molar-refractivity contribution in [3.8, 4) is 0 Å². The van der Waals surface area contributed by atoms with Crippen LogP contribution in [0.1, 0.15) is 28.3 Å². The molecule has 0 saturated heterocycles. The molecule has 18 heavy (non-hydrogen) atoms. The SMILES string of the molecule is CCc1ccc(CC(N)c2cc(Cl)ccc2Cl)s1. The van der Waals surface area contributed by atoms with Crippen molar-refractivity contribution in [3.05, 3.63) is 55.7 Å². The summed E-state index contributed by atoms with van der Waals surface area (Å²) in [7, 11) is 0. The Morgan fingerprint density at radius 1 is 1.17 bits per heavy atom. The lowest BCUT2D eigenvalue weighted by Crippen LogP contribution is -2.13. The van der Waals surface area contributed by atoms with Crippen molar-refractivity contribution in [2.75, 3.05) is 0 Å². The molecule has 96 valence electrons. The summed E-state index contributed by atoms with van der Waals surface area (Å²) in [4.78, 5) is 2.67. The van der Waals surface area contributed by atoms with Crippen LogP contribution in [0.4, 0.5) is 0 Å². The molecule has 0 saturated carbocycles. The largest absolute Gasteiger partial charge is 0.324 e. The van der Waals surface area contributed by atoms with Crippen molar-refractivity contribution < 1.29 is 0 Å². The highest BCUT2D eigenvalue weighted by atomic mass is 35.5. The van der Waals surface area contributed by atoms with E-state index in [2.05, 4.69) is 19.1 Å². The summed E-state index contributed by atoms with van der Waals surface area (Å²) in [6.07, 6.45) is 1.86. The van der Waals surface area contributed by atoms with Gasteiger partial charge >= 0.3 is 0 Å². The molecule has 4 heteroatoms. The Labute approximate surface area is 122 Å². The first-order valence-corrected chi connectivity index (χ1v) is 7.45. The Hall–Kier alpha value is -0.540. The van der Waals surface area contributed by atoms with Crippen LogP contribution < -0.4 is 5.73 Å². The second-order valence-electron chi connectivity index (χ2n) is 4.20. The molecule has 1 aromatic heterocycles.